The van der Waals surface area contributed by atoms with Crippen LogP contribution < -0.4 is 11.1 Å². The smallest absolute Gasteiger partial charge is 0.316 e. The molecule has 28 heavy (non-hydrogen) atoms. The number of carbonyl (C=O) groups excluding carboxylic acids is 2. The van der Waals surface area contributed by atoms with Crippen LogP contribution in [0.4, 0.5) is 10.5 Å². The van der Waals surface area contributed by atoms with Crippen molar-refractivity contribution in [2.75, 3.05) is 12.4 Å². The Labute approximate surface area is 164 Å². The van der Waals surface area contributed by atoms with Crippen LogP contribution in [0.3, 0.4) is 0 Å². The summed E-state index contributed by atoms with van der Waals surface area (Å²) in [5, 5.41) is 3.54. The van der Waals surface area contributed by atoms with E-state index in [2.05, 4.69) is 12.2 Å². The van der Waals surface area contributed by atoms with Crippen molar-refractivity contribution in [3.05, 3.63) is 65.4 Å². The Morgan fingerprint density at radius 2 is 1.82 bits per heavy atom. The van der Waals surface area contributed by atoms with Crippen molar-refractivity contribution in [2.24, 2.45) is 5.73 Å². The first-order valence-corrected chi connectivity index (χ1v) is 9.41. The van der Waals surface area contributed by atoms with E-state index in [1.165, 1.54) is 0 Å². The minimum absolute atomic E-state index is 0.0997. The minimum atomic E-state index is -0.636. The van der Waals surface area contributed by atoms with E-state index in [0.29, 0.717) is 17.8 Å². The standard InChI is InChI=1S/C22H25N3O3/c1-3-4-8-20-18(17-7-5-6-9-19(17)28-20)14-25(2)21(26)15-10-12-16(13-11-15)24-22(23)27/h5-7,9-13H,3-4,8,14H2,1-2H3,(H3,23,24,27). The third-order valence-corrected chi connectivity index (χ3v) is 4.68. The summed E-state index contributed by atoms with van der Waals surface area (Å²) in [6.45, 7) is 2.62. The first-order valence-electron chi connectivity index (χ1n) is 9.41. The van der Waals surface area contributed by atoms with E-state index < -0.39 is 6.03 Å². The van der Waals surface area contributed by atoms with Crippen molar-refractivity contribution in [3.8, 4) is 0 Å². The lowest BCUT2D eigenvalue weighted by atomic mass is 10.1. The number of unbranched alkanes of at least 4 members (excludes halogenated alkanes) is 1. The summed E-state index contributed by atoms with van der Waals surface area (Å²) in [5.41, 5.74) is 8.11. The number of amides is 3. The average molecular weight is 379 g/mol. The number of hydrogen-bond donors (Lipinski definition) is 2. The number of nitrogens with two attached hydrogens (primary N) is 1. The number of nitrogens with zero attached hydrogens (tertiary/aromatic N) is 1. The van der Waals surface area contributed by atoms with E-state index in [9.17, 15) is 9.59 Å². The number of furan rings is 1. The van der Waals surface area contributed by atoms with Crippen LogP contribution in [-0.4, -0.2) is 23.9 Å². The monoisotopic (exact) mass is 379 g/mol. The van der Waals surface area contributed by atoms with Gasteiger partial charge in [-0.2, -0.15) is 0 Å². The topological polar surface area (TPSA) is 88.6 Å². The van der Waals surface area contributed by atoms with Gasteiger partial charge in [-0.15, -0.1) is 0 Å². The van der Waals surface area contributed by atoms with Gasteiger partial charge in [0.1, 0.15) is 11.3 Å². The zero-order chi connectivity index (χ0) is 20.1. The third-order valence-electron chi connectivity index (χ3n) is 4.68. The molecule has 3 aromatic rings. The summed E-state index contributed by atoms with van der Waals surface area (Å²) in [5.74, 6) is 0.848. The van der Waals surface area contributed by atoms with E-state index in [0.717, 1.165) is 41.6 Å². The van der Waals surface area contributed by atoms with E-state index >= 15 is 0 Å². The summed E-state index contributed by atoms with van der Waals surface area (Å²) in [4.78, 5) is 25.4. The Kier molecular flexibility index (Phi) is 5.99. The maximum absolute atomic E-state index is 12.8. The van der Waals surface area contributed by atoms with Crippen molar-refractivity contribution in [1.82, 2.24) is 4.90 Å². The third kappa shape index (κ3) is 4.34. The van der Waals surface area contributed by atoms with E-state index in [-0.39, 0.29) is 5.91 Å². The number of rotatable bonds is 7. The number of nitrogens with one attached hydrogen (secondary N) is 1. The van der Waals surface area contributed by atoms with Gasteiger partial charge in [-0.05, 0) is 36.8 Å². The predicted octanol–water partition coefficient (Wildman–Crippen LogP) is 4.54. The Morgan fingerprint density at radius 3 is 2.50 bits per heavy atom. The fourth-order valence-electron chi connectivity index (χ4n) is 3.23. The van der Waals surface area contributed by atoms with E-state index in [4.69, 9.17) is 10.2 Å². The highest BCUT2D eigenvalue weighted by Crippen LogP contribution is 2.28. The molecule has 1 aromatic heterocycles. The number of fused-ring (bicyclic) bond motifs is 1. The fraction of sp³-hybridized carbons (Fsp3) is 0.273. The van der Waals surface area contributed by atoms with Crippen LogP contribution in [0.25, 0.3) is 11.0 Å². The molecule has 0 aliphatic rings. The van der Waals surface area contributed by atoms with Gasteiger partial charge in [-0.25, -0.2) is 4.79 Å². The zero-order valence-corrected chi connectivity index (χ0v) is 16.2. The van der Waals surface area contributed by atoms with Gasteiger partial charge in [0.2, 0.25) is 0 Å². The Hall–Kier alpha value is -3.28. The predicted molar refractivity (Wildman–Crippen MR) is 110 cm³/mol. The normalized spacial score (nSPS) is 10.8. The number of hydrogen-bond acceptors (Lipinski definition) is 3. The van der Waals surface area contributed by atoms with Gasteiger partial charge in [-0.3, -0.25) is 4.79 Å². The molecule has 0 unspecified atom stereocenters. The molecule has 3 amide bonds. The molecule has 146 valence electrons. The van der Waals surface area contributed by atoms with Gasteiger partial charge >= 0.3 is 6.03 Å². The van der Waals surface area contributed by atoms with Crippen molar-refractivity contribution < 1.29 is 14.0 Å². The second-order valence-corrected chi connectivity index (χ2v) is 6.83. The molecular weight excluding hydrogens is 354 g/mol. The highest BCUT2D eigenvalue weighted by Gasteiger charge is 2.19. The van der Waals surface area contributed by atoms with Gasteiger partial charge in [0.25, 0.3) is 5.91 Å². The summed E-state index contributed by atoms with van der Waals surface area (Å²) in [7, 11) is 1.78. The molecular formula is C22H25N3O3. The molecule has 1 heterocycles. The molecule has 0 spiro atoms. The van der Waals surface area contributed by atoms with Crippen molar-refractivity contribution in [2.45, 2.75) is 32.7 Å². The molecule has 3 N–H and O–H groups in total. The van der Waals surface area contributed by atoms with Gasteiger partial charge in [-0.1, -0.05) is 31.5 Å². The van der Waals surface area contributed by atoms with Gasteiger partial charge in [0, 0.05) is 42.2 Å². The van der Waals surface area contributed by atoms with Gasteiger partial charge in [0.15, 0.2) is 0 Å². The highest BCUT2D eigenvalue weighted by molar-refractivity contribution is 5.95. The summed E-state index contributed by atoms with van der Waals surface area (Å²) >= 11 is 0. The second-order valence-electron chi connectivity index (χ2n) is 6.83. The van der Waals surface area contributed by atoms with Crippen LogP contribution in [0.15, 0.2) is 52.9 Å². The molecule has 0 fully saturated rings. The minimum Gasteiger partial charge on any atom is -0.461 e. The molecule has 0 atom stereocenters. The quantitative estimate of drug-likeness (QED) is 0.632. The Bertz CT molecular complexity index is 976. The summed E-state index contributed by atoms with van der Waals surface area (Å²) in [6, 6.07) is 14.0. The largest absolute Gasteiger partial charge is 0.461 e. The number of benzene rings is 2. The molecule has 0 saturated heterocycles. The van der Waals surface area contributed by atoms with Crippen molar-refractivity contribution in [1.29, 1.82) is 0 Å². The van der Waals surface area contributed by atoms with Crippen LogP contribution in [0.5, 0.6) is 0 Å². The van der Waals surface area contributed by atoms with Crippen molar-refractivity contribution in [3.63, 3.8) is 0 Å². The van der Waals surface area contributed by atoms with Crippen LogP contribution in [0.1, 0.15) is 41.4 Å². The Morgan fingerprint density at radius 1 is 1.11 bits per heavy atom. The SMILES string of the molecule is CCCCc1oc2ccccc2c1CN(C)C(=O)c1ccc(NC(N)=O)cc1. The maximum Gasteiger partial charge on any atom is 0.316 e. The average Bonchev–Trinajstić information content (AvgIpc) is 3.03. The molecule has 0 bridgehead atoms. The fourth-order valence-corrected chi connectivity index (χ4v) is 3.23. The Balaban J connectivity index is 1.80. The first-order chi connectivity index (χ1) is 13.5. The van der Waals surface area contributed by atoms with Crippen LogP contribution in [0.2, 0.25) is 0 Å². The van der Waals surface area contributed by atoms with E-state index in [1.807, 2.05) is 24.3 Å². The van der Waals surface area contributed by atoms with Gasteiger partial charge < -0.3 is 20.4 Å². The second kappa shape index (κ2) is 8.61. The molecule has 0 aliphatic heterocycles. The number of aryl methyl sites for hydroxylation is 1. The summed E-state index contributed by atoms with van der Waals surface area (Å²) in [6.07, 6.45) is 2.98. The molecule has 0 aliphatic carbocycles. The molecule has 3 rings (SSSR count). The van der Waals surface area contributed by atoms with Crippen LogP contribution in [0, 0.1) is 0 Å². The van der Waals surface area contributed by atoms with Crippen LogP contribution in [-0.2, 0) is 13.0 Å². The lowest BCUT2D eigenvalue weighted by Crippen LogP contribution is -2.26. The van der Waals surface area contributed by atoms with Crippen LogP contribution >= 0.6 is 0 Å². The lowest BCUT2D eigenvalue weighted by Gasteiger charge is -2.18. The lowest BCUT2D eigenvalue weighted by molar-refractivity contribution is 0.0785. The van der Waals surface area contributed by atoms with E-state index in [1.54, 1.807) is 36.2 Å². The number of urea groups is 1. The molecule has 2 aromatic carbocycles. The van der Waals surface area contributed by atoms with Gasteiger partial charge in [0.05, 0.1) is 0 Å². The van der Waals surface area contributed by atoms with Crippen molar-refractivity contribution >= 4 is 28.6 Å². The molecule has 0 radical (unpaired) electrons. The summed E-state index contributed by atoms with van der Waals surface area (Å²) < 4.78 is 6.05. The maximum atomic E-state index is 12.8. The highest BCUT2D eigenvalue weighted by atomic mass is 16.3. The number of para-hydroxylation sites is 1. The molecule has 0 saturated carbocycles. The number of primary amides is 1. The molecule has 6 heteroatoms. The zero-order valence-electron chi connectivity index (χ0n) is 16.2. The number of anilines is 1. The first kappa shape index (κ1) is 19.5. The number of carbonyl (C=O) groups is 2. The molecule has 6 nitrogen and oxygen atoms in total.